The Balaban J connectivity index is -0.00000243. The smallest absolute Gasteiger partial charge is 0.778 e. The van der Waals surface area contributed by atoms with Gasteiger partial charge in [0.2, 0.25) is 11.8 Å². The van der Waals surface area contributed by atoms with Crippen molar-refractivity contribution in [2.75, 3.05) is 104 Å². The molecule has 10 N–H and O–H groups in total. The Morgan fingerprint density at radius 3 is 0.881 bits per heavy atom. The molecule has 0 aromatic carbocycles. The van der Waals surface area contributed by atoms with Crippen molar-refractivity contribution >= 4 is 42.2 Å². The van der Waals surface area contributed by atoms with Crippen LogP contribution in [0.2, 0.25) is 0 Å². The quantitative estimate of drug-likeness (QED) is 0.0156. The first-order valence-corrected chi connectivity index (χ1v) is 25.6. The average Bonchev–Trinajstić information content (AvgIpc) is 3.02. The van der Waals surface area contributed by atoms with Crippen molar-refractivity contribution in [1.29, 1.82) is 0 Å². The van der Waals surface area contributed by atoms with Gasteiger partial charge >= 0.3 is 118 Å². The molecule has 0 bridgehead atoms. The summed E-state index contributed by atoms with van der Waals surface area (Å²) in [5.74, 6) is -0.527. The molecule has 0 heterocycles. The number of hydrogen-bond acceptors (Lipinski definition) is 16. The number of nitrogens with one attached hydrogen (secondary N) is 6. The molecule has 30 heteroatoms. The number of nitrogens with zero attached hydrogens (tertiary/aromatic N) is 2. The third-order valence-electron chi connectivity index (χ3n) is 7.60. The number of amides is 2. The summed E-state index contributed by atoms with van der Waals surface area (Å²) in [5.41, 5.74) is 0. The predicted octanol–water partition coefficient (Wildman–Crippen LogP) is -15.5. The monoisotopic (exact) mass is 964 g/mol. The van der Waals surface area contributed by atoms with Crippen LogP contribution in [-0.4, -0.2) is 145 Å². The van der Waals surface area contributed by atoms with Gasteiger partial charge in [0.1, 0.15) is 30.4 Å². The molecular weight excluding hydrogens is 900 g/mol. The van der Waals surface area contributed by atoms with Crippen LogP contribution in [0.4, 0.5) is 0 Å². The molecule has 0 aliphatic heterocycles. The summed E-state index contributed by atoms with van der Waals surface area (Å²) in [6.07, 6.45) is 3.32. The molecule has 4 atom stereocenters. The number of unbranched alkanes of at least 4 members (excludes halogenated alkanes) is 2. The Bertz CT molecular complexity index is 1100. The van der Waals surface area contributed by atoms with Crippen molar-refractivity contribution in [3.8, 4) is 0 Å². The summed E-state index contributed by atoms with van der Waals surface area (Å²) >= 11 is 0. The summed E-state index contributed by atoms with van der Waals surface area (Å²) in [7, 11) is -19.1. The van der Waals surface area contributed by atoms with Crippen LogP contribution in [0.3, 0.4) is 0 Å². The van der Waals surface area contributed by atoms with Crippen LogP contribution in [0.15, 0.2) is 0 Å². The zero-order chi connectivity index (χ0) is 41.6. The molecule has 59 heavy (non-hydrogen) atoms. The summed E-state index contributed by atoms with van der Waals surface area (Å²) in [6.45, 7) is 7.54. The van der Waals surface area contributed by atoms with Gasteiger partial charge in [0.05, 0.1) is 25.1 Å². The largest absolute Gasteiger partial charge is 1.00 e. The SMILES string of the molecule is O=C(CCCN(CP(=O)([O-])O)CP(=O)([O-])O)NCCCNCCCNCCCCCNCCCNCCCNC(=O)CCCN(CP(=O)([O-])O)CP(=O)([O-])O.[Na+].[Na+].[Na+].[Na+]. The van der Waals surface area contributed by atoms with Crippen molar-refractivity contribution in [2.24, 2.45) is 0 Å². The van der Waals surface area contributed by atoms with Crippen LogP contribution in [0.25, 0.3) is 0 Å². The third-order valence-corrected chi connectivity index (χ3v) is 10.6. The van der Waals surface area contributed by atoms with Gasteiger partial charge in [-0.2, -0.15) is 0 Å². The Labute approximate surface area is 438 Å². The van der Waals surface area contributed by atoms with Crippen LogP contribution >= 0.6 is 30.4 Å². The Hall–Kier alpha value is 3.30. The first-order valence-electron chi connectivity index (χ1n) is 18.6. The van der Waals surface area contributed by atoms with Crippen LogP contribution in [-0.2, 0) is 27.8 Å². The molecule has 0 aliphatic carbocycles. The normalized spacial score (nSPS) is 15.2. The van der Waals surface area contributed by atoms with Crippen LogP contribution in [0.1, 0.15) is 70.6 Å². The fraction of sp³-hybridized carbons (Fsp3) is 0.931. The fourth-order valence-corrected chi connectivity index (χ4v) is 8.53. The molecule has 0 aromatic heterocycles. The molecule has 0 saturated heterocycles. The van der Waals surface area contributed by atoms with E-state index < -0.39 is 55.5 Å². The average molecular weight is 965 g/mol. The molecule has 0 saturated carbocycles. The van der Waals surface area contributed by atoms with Crippen molar-refractivity contribution < 1.29 is 185 Å². The maximum absolute atomic E-state index is 12.0. The molecule has 0 fully saturated rings. The van der Waals surface area contributed by atoms with E-state index in [1.165, 1.54) is 0 Å². The molecule has 0 rings (SSSR count). The topological polar surface area (TPSA) is 354 Å². The van der Waals surface area contributed by atoms with Crippen molar-refractivity contribution in [3.63, 3.8) is 0 Å². The molecule has 0 aliphatic rings. The summed E-state index contributed by atoms with van der Waals surface area (Å²) in [4.78, 5) is 106. The second-order valence-corrected chi connectivity index (χ2v) is 19.5. The van der Waals surface area contributed by atoms with Gasteiger partial charge in [0, 0.05) is 25.9 Å². The zero-order valence-corrected chi connectivity index (χ0v) is 47.2. The maximum atomic E-state index is 12.0. The van der Waals surface area contributed by atoms with E-state index in [1.54, 1.807) is 0 Å². The van der Waals surface area contributed by atoms with Gasteiger partial charge in [-0.15, -0.1) is 0 Å². The van der Waals surface area contributed by atoms with E-state index in [0.717, 1.165) is 107 Å². The Morgan fingerprint density at radius 2 is 0.627 bits per heavy atom. The number of hydrogen-bond donors (Lipinski definition) is 10. The van der Waals surface area contributed by atoms with E-state index in [4.69, 9.17) is 19.6 Å². The number of carbonyl (C=O) groups is 2. The van der Waals surface area contributed by atoms with Gasteiger partial charge in [0.25, 0.3) is 0 Å². The fourth-order valence-electron chi connectivity index (χ4n) is 5.22. The van der Waals surface area contributed by atoms with E-state index in [1.807, 2.05) is 0 Å². The van der Waals surface area contributed by atoms with Crippen LogP contribution in [0, 0.1) is 0 Å². The standard InChI is InChI=1S/C29H68N8O14P4.4Na/c38-28(10-4-22-36(24-52(40,41)42)25-53(43,44)45)34-20-8-18-32-16-6-14-30-12-2-1-3-13-31-15-7-17-33-19-9-21-35-29(39)11-5-23-37(26-54(46,47)48)27-55(49,50)51;;;;/h30-33H,1-27H2,(H,34,38)(H,35,39)(H2,40,41,42)(H2,43,44,45)(H2,46,47,48)(H2,49,50,51);;;;/q;4*+1/p-4. The van der Waals surface area contributed by atoms with E-state index in [0.29, 0.717) is 13.1 Å². The molecular formula is C29H64N8Na4O14P4. The van der Waals surface area contributed by atoms with Gasteiger partial charge in [-0.1, -0.05) is 6.42 Å². The van der Waals surface area contributed by atoms with Gasteiger partial charge in [-0.3, -0.25) is 19.4 Å². The molecule has 0 aromatic rings. The maximum Gasteiger partial charge on any atom is 1.00 e. The Morgan fingerprint density at radius 1 is 0.390 bits per heavy atom. The van der Waals surface area contributed by atoms with Crippen LogP contribution in [0.5, 0.6) is 0 Å². The van der Waals surface area contributed by atoms with E-state index in [2.05, 4.69) is 31.9 Å². The second kappa shape index (κ2) is 42.6. The van der Waals surface area contributed by atoms with Gasteiger partial charge in [-0.25, -0.2) is 0 Å². The Kier molecular flexibility index (Phi) is 51.5. The minimum Gasteiger partial charge on any atom is -0.778 e. The third kappa shape index (κ3) is 57.4. The van der Waals surface area contributed by atoms with Gasteiger partial charge in [0.15, 0.2) is 0 Å². The second-order valence-electron chi connectivity index (χ2n) is 13.3. The molecule has 22 nitrogen and oxygen atoms in total. The predicted molar refractivity (Wildman–Crippen MR) is 200 cm³/mol. The minimum absolute atomic E-state index is 0. The summed E-state index contributed by atoms with van der Waals surface area (Å²) in [6, 6.07) is 0. The first kappa shape index (κ1) is 71.3. The van der Waals surface area contributed by atoms with E-state index >= 15 is 0 Å². The van der Waals surface area contributed by atoms with Crippen molar-refractivity contribution in [1.82, 2.24) is 41.7 Å². The molecule has 0 radical (unpaired) electrons. The van der Waals surface area contributed by atoms with Gasteiger partial charge in [-0.05, 0) is 117 Å². The summed E-state index contributed by atoms with van der Waals surface area (Å²) in [5, 5.41) is 19.0. The number of rotatable bonds is 38. The van der Waals surface area contributed by atoms with E-state index in [9.17, 15) is 47.4 Å². The molecule has 0 spiro atoms. The number of carbonyl (C=O) groups excluding carboxylic acids is 2. The first-order chi connectivity index (χ1) is 25.7. The molecule has 4 unspecified atom stereocenters. The minimum atomic E-state index is -4.77. The van der Waals surface area contributed by atoms with Gasteiger partial charge < -0.3 is 89.3 Å². The van der Waals surface area contributed by atoms with Crippen molar-refractivity contribution in [2.45, 2.75) is 70.6 Å². The zero-order valence-electron chi connectivity index (χ0n) is 35.6. The molecule has 328 valence electrons. The van der Waals surface area contributed by atoms with Crippen molar-refractivity contribution in [3.05, 3.63) is 0 Å². The van der Waals surface area contributed by atoms with E-state index in [-0.39, 0.29) is 169 Å². The summed E-state index contributed by atoms with van der Waals surface area (Å²) < 4.78 is 44.2. The molecule has 2 amide bonds. The van der Waals surface area contributed by atoms with Crippen LogP contribution < -0.4 is 170 Å².